The molecule has 1 saturated heterocycles. The monoisotopic (exact) mass is 432 g/mol. The van der Waals surface area contributed by atoms with E-state index in [1.807, 2.05) is 49.5 Å². The Hall–Kier alpha value is -3.56. The van der Waals surface area contributed by atoms with Gasteiger partial charge in [0.2, 0.25) is 11.7 Å². The first-order chi connectivity index (χ1) is 15.7. The molecule has 164 valence electrons. The zero-order valence-electron chi connectivity index (χ0n) is 17.8. The minimum Gasteiger partial charge on any atom is -0.379 e. The second-order valence-corrected chi connectivity index (χ2v) is 7.77. The van der Waals surface area contributed by atoms with E-state index in [0.29, 0.717) is 29.5 Å². The van der Waals surface area contributed by atoms with E-state index in [4.69, 9.17) is 9.26 Å². The summed E-state index contributed by atoms with van der Waals surface area (Å²) < 4.78 is 12.6. The van der Waals surface area contributed by atoms with Crippen LogP contribution >= 0.6 is 0 Å². The Balaban J connectivity index is 1.30. The first-order valence-electron chi connectivity index (χ1n) is 10.6. The number of aromatic nitrogens is 4. The van der Waals surface area contributed by atoms with Gasteiger partial charge in [0.05, 0.1) is 19.4 Å². The van der Waals surface area contributed by atoms with Crippen molar-refractivity contribution in [1.82, 2.24) is 24.4 Å². The number of aryl methyl sites for hydroxylation is 1. The van der Waals surface area contributed by atoms with Crippen molar-refractivity contribution in [2.24, 2.45) is 0 Å². The number of nitrogens with one attached hydrogen (secondary N) is 1. The fourth-order valence-electron chi connectivity index (χ4n) is 3.73. The van der Waals surface area contributed by atoms with Crippen LogP contribution in [0.15, 0.2) is 53.3 Å². The van der Waals surface area contributed by atoms with Crippen LogP contribution in [0, 0.1) is 6.92 Å². The van der Waals surface area contributed by atoms with E-state index >= 15 is 0 Å². The van der Waals surface area contributed by atoms with Crippen molar-refractivity contribution in [3.05, 3.63) is 65.9 Å². The summed E-state index contributed by atoms with van der Waals surface area (Å²) in [5.41, 5.74) is 3.60. The van der Waals surface area contributed by atoms with Gasteiger partial charge in [0.15, 0.2) is 0 Å². The molecule has 1 aliphatic heterocycles. The van der Waals surface area contributed by atoms with Gasteiger partial charge in [-0.15, -0.1) is 0 Å². The second-order valence-electron chi connectivity index (χ2n) is 7.77. The van der Waals surface area contributed by atoms with E-state index in [-0.39, 0.29) is 5.91 Å². The van der Waals surface area contributed by atoms with Gasteiger partial charge in [-0.3, -0.25) is 14.1 Å². The van der Waals surface area contributed by atoms with Crippen molar-refractivity contribution in [3.63, 3.8) is 0 Å². The smallest absolute Gasteiger partial charge is 0.274 e. The lowest BCUT2D eigenvalue weighted by Crippen LogP contribution is -2.37. The lowest BCUT2D eigenvalue weighted by Gasteiger charge is -2.25. The van der Waals surface area contributed by atoms with Crippen molar-refractivity contribution < 1.29 is 14.1 Å². The maximum absolute atomic E-state index is 12.9. The van der Waals surface area contributed by atoms with Gasteiger partial charge in [-0.1, -0.05) is 23.4 Å². The number of benzene rings is 1. The number of carbonyl (C=O) groups is 1. The number of pyridine rings is 1. The summed E-state index contributed by atoms with van der Waals surface area (Å²) in [5, 5.41) is 7.12. The van der Waals surface area contributed by atoms with Crippen molar-refractivity contribution in [2.45, 2.75) is 13.3 Å². The molecule has 0 radical (unpaired) electrons. The fraction of sp³-hybridized carbons (Fsp3) is 0.304. The molecule has 9 nitrogen and oxygen atoms in total. The summed E-state index contributed by atoms with van der Waals surface area (Å²) in [6, 6.07) is 11.3. The average molecular weight is 432 g/mol. The summed E-state index contributed by atoms with van der Waals surface area (Å²) in [6.07, 6.45) is 4.08. The fourth-order valence-corrected chi connectivity index (χ4v) is 3.73. The number of hydrogen-bond donors (Lipinski definition) is 1. The van der Waals surface area contributed by atoms with E-state index < -0.39 is 0 Å². The zero-order chi connectivity index (χ0) is 21.9. The molecule has 0 aliphatic carbocycles. The number of anilines is 1. The molecule has 3 aromatic heterocycles. The standard InChI is InChI=1S/C23H24N6O3/c1-16-5-6-17(22-26-21(32-27-22)7-9-28-10-12-31-13-11-28)14-18(16)25-23(30)19-15-24-20-4-2-3-8-29(19)20/h2-6,8,14-15H,7,9-13H2,1H3,(H,25,30). The highest BCUT2D eigenvalue weighted by Gasteiger charge is 2.16. The third-order valence-electron chi connectivity index (χ3n) is 5.61. The molecular weight excluding hydrogens is 408 g/mol. The van der Waals surface area contributed by atoms with Gasteiger partial charge in [0.1, 0.15) is 11.3 Å². The van der Waals surface area contributed by atoms with Crippen LogP contribution in [0.4, 0.5) is 5.69 Å². The van der Waals surface area contributed by atoms with Crippen LogP contribution in [0.5, 0.6) is 0 Å². The molecule has 32 heavy (non-hydrogen) atoms. The molecule has 1 N–H and O–H groups in total. The molecule has 9 heteroatoms. The molecule has 0 unspecified atom stereocenters. The topological polar surface area (TPSA) is 97.8 Å². The maximum atomic E-state index is 12.9. The molecule has 5 rings (SSSR count). The Labute approximate surface area is 185 Å². The molecule has 4 heterocycles. The van der Waals surface area contributed by atoms with Gasteiger partial charge >= 0.3 is 0 Å². The third-order valence-corrected chi connectivity index (χ3v) is 5.61. The van der Waals surface area contributed by atoms with Gasteiger partial charge in [-0.25, -0.2) is 4.98 Å². The molecule has 1 fully saturated rings. The number of amides is 1. The van der Waals surface area contributed by atoms with Gasteiger partial charge in [0, 0.05) is 43.5 Å². The summed E-state index contributed by atoms with van der Waals surface area (Å²) >= 11 is 0. The average Bonchev–Trinajstić information content (AvgIpc) is 3.47. The van der Waals surface area contributed by atoms with E-state index in [1.54, 1.807) is 10.6 Å². The highest BCUT2D eigenvalue weighted by Crippen LogP contribution is 2.24. The number of ether oxygens (including phenoxy) is 1. The maximum Gasteiger partial charge on any atom is 0.274 e. The van der Waals surface area contributed by atoms with Crippen LogP contribution in [-0.2, 0) is 11.2 Å². The largest absolute Gasteiger partial charge is 0.379 e. The Kier molecular flexibility index (Phi) is 5.66. The molecule has 0 atom stereocenters. The first-order valence-corrected chi connectivity index (χ1v) is 10.6. The molecule has 1 amide bonds. The summed E-state index contributed by atoms with van der Waals surface area (Å²) in [5.74, 6) is 0.874. The Morgan fingerprint density at radius 2 is 2.06 bits per heavy atom. The summed E-state index contributed by atoms with van der Waals surface area (Å²) in [4.78, 5) is 24.0. The lowest BCUT2D eigenvalue weighted by atomic mass is 10.1. The van der Waals surface area contributed by atoms with Crippen molar-refractivity contribution >= 4 is 17.2 Å². The lowest BCUT2D eigenvalue weighted by molar-refractivity contribution is 0.0375. The third kappa shape index (κ3) is 4.25. The molecule has 4 aromatic rings. The number of fused-ring (bicyclic) bond motifs is 1. The number of rotatable bonds is 6. The van der Waals surface area contributed by atoms with Crippen molar-refractivity contribution in [2.75, 3.05) is 38.2 Å². The number of carbonyl (C=O) groups excluding carboxylic acids is 1. The van der Waals surface area contributed by atoms with Crippen molar-refractivity contribution in [3.8, 4) is 11.4 Å². The van der Waals surface area contributed by atoms with Crippen LogP contribution in [0.1, 0.15) is 21.9 Å². The number of imidazole rings is 1. The summed E-state index contributed by atoms with van der Waals surface area (Å²) in [6.45, 7) is 6.18. The van der Waals surface area contributed by atoms with Crippen LogP contribution in [-0.4, -0.2) is 63.2 Å². The van der Waals surface area contributed by atoms with Gasteiger partial charge in [0.25, 0.3) is 5.91 Å². The van der Waals surface area contributed by atoms with E-state index in [9.17, 15) is 4.79 Å². The molecule has 0 saturated carbocycles. The SMILES string of the molecule is Cc1ccc(-c2noc(CCN3CCOCC3)n2)cc1NC(=O)c1cnc2ccccn12. The number of nitrogens with zero attached hydrogens (tertiary/aromatic N) is 5. The normalized spacial score (nSPS) is 14.7. The van der Waals surface area contributed by atoms with Gasteiger partial charge in [-0.05, 0) is 30.7 Å². The molecule has 0 bridgehead atoms. The first kappa shape index (κ1) is 20.3. The molecule has 0 spiro atoms. The van der Waals surface area contributed by atoms with Crippen LogP contribution in [0.3, 0.4) is 0 Å². The minimum absolute atomic E-state index is 0.233. The molecule has 1 aromatic carbocycles. The van der Waals surface area contributed by atoms with Crippen LogP contribution in [0.2, 0.25) is 0 Å². The van der Waals surface area contributed by atoms with Gasteiger partial charge in [-0.2, -0.15) is 4.98 Å². The Bertz CT molecular complexity index is 1240. The van der Waals surface area contributed by atoms with Crippen LogP contribution in [0.25, 0.3) is 17.0 Å². The highest BCUT2D eigenvalue weighted by molar-refractivity contribution is 6.04. The second kappa shape index (κ2) is 8.89. The Morgan fingerprint density at radius 1 is 1.19 bits per heavy atom. The number of hydrogen-bond acceptors (Lipinski definition) is 7. The number of morpholine rings is 1. The van der Waals surface area contributed by atoms with E-state index in [0.717, 1.165) is 49.6 Å². The minimum atomic E-state index is -0.233. The zero-order valence-corrected chi connectivity index (χ0v) is 17.8. The summed E-state index contributed by atoms with van der Waals surface area (Å²) in [7, 11) is 0. The van der Waals surface area contributed by atoms with Crippen molar-refractivity contribution in [1.29, 1.82) is 0 Å². The van der Waals surface area contributed by atoms with E-state index in [1.165, 1.54) is 0 Å². The predicted molar refractivity (Wildman–Crippen MR) is 119 cm³/mol. The molecular formula is C23H24N6O3. The highest BCUT2D eigenvalue weighted by atomic mass is 16.5. The molecule has 1 aliphatic rings. The van der Waals surface area contributed by atoms with Crippen LogP contribution < -0.4 is 5.32 Å². The van der Waals surface area contributed by atoms with E-state index in [2.05, 4.69) is 25.3 Å². The quantitative estimate of drug-likeness (QED) is 0.500. The van der Waals surface area contributed by atoms with Gasteiger partial charge < -0.3 is 14.6 Å². The Morgan fingerprint density at radius 3 is 2.94 bits per heavy atom. The predicted octanol–water partition coefficient (Wildman–Crippen LogP) is 2.82.